The summed E-state index contributed by atoms with van der Waals surface area (Å²) in [5.41, 5.74) is 2.07. The number of urea groups is 1. The van der Waals surface area contributed by atoms with Crippen LogP contribution >= 0.6 is 0 Å². The Labute approximate surface area is 170 Å². The molecular weight excluding hydrogens is 368 g/mol. The second-order valence-electron chi connectivity index (χ2n) is 7.87. The van der Waals surface area contributed by atoms with Crippen LogP contribution in [0, 0.1) is 6.92 Å². The molecule has 1 atom stereocenters. The fourth-order valence-corrected chi connectivity index (χ4v) is 4.08. The lowest BCUT2D eigenvalue weighted by Crippen LogP contribution is -2.48. The van der Waals surface area contributed by atoms with Crippen LogP contribution in [0.2, 0.25) is 0 Å². The predicted molar refractivity (Wildman–Crippen MR) is 110 cm³/mol. The maximum absolute atomic E-state index is 12.6. The third-order valence-electron chi connectivity index (χ3n) is 5.67. The van der Waals surface area contributed by atoms with Gasteiger partial charge in [0.05, 0.1) is 18.2 Å². The minimum atomic E-state index is -0.262. The predicted octanol–water partition coefficient (Wildman–Crippen LogP) is 2.98. The second-order valence-corrected chi connectivity index (χ2v) is 7.87. The number of pyridine rings is 1. The van der Waals surface area contributed by atoms with Gasteiger partial charge in [0.15, 0.2) is 0 Å². The van der Waals surface area contributed by atoms with E-state index in [0.29, 0.717) is 25.4 Å². The summed E-state index contributed by atoms with van der Waals surface area (Å²) >= 11 is 0. The van der Waals surface area contributed by atoms with Gasteiger partial charge in [-0.3, -0.25) is 9.78 Å². The number of ether oxygens (including phenoxy) is 1. The maximum Gasteiger partial charge on any atom is 0.321 e. The maximum atomic E-state index is 12.6. The van der Waals surface area contributed by atoms with Gasteiger partial charge in [0.2, 0.25) is 0 Å². The topological polar surface area (TPSA) is 83.6 Å². The van der Waals surface area contributed by atoms with E-state index < -0.39 is 0 Å². The van der Waals surface area contributed by atoms with Crippen LogP contribution in [-0.4, -0.2) is 53.2 Å². The summed E-state index contributed by atoms with van der Waals surface area (Å²) in [5, 5.41) is 5.99. The zero-order valence-corrected chi connectivity index (χ0v) is 16.6. The number of nitrogens with one attached hydrogen (secondary N) is 2. The third-order valence-corrected chi connectivity index (χ3v) is 5.67. The van der Waals surface area contributed by atoms with E-state index in [1.165, 1.54) is 0 Å². The van der Waals surface area contributed by atoms with Crippen LogP contribution in [-0.2, 0) is 4.74 Å². The van der Waals surface area contributed by atoms with Gasteiger partial charge in [-0.05, 0) is 56.0 Å². The van der Waals surface area contributed by atoms with E-state index in [4.69, 9.17) is 4.74 Å². The number of likely N-dealkylation sites (tertiary alicyclic amines) is 1. The number of piperidine rings is 1. The van der Waals surface area contributed by atoms with E-state index in [1.54, 1.807) is 24.4 Å². The lowest BCUT2D eigenvalue weighted by Gasteiger charge is -2.38. The Bertz CT molecular complexity index is 879. The van der Waals surface area contributed by atoms with Crippen molar-refractivity contribution < 1.29 is 14.3 Å². The highest BCUT2D eigenvalue weighted by Gasteiger charge is 2.43. The average Bonchev–Trinajstić information content (AvgIpc) is 3.11. The molecule has 0 saturated carbocycles. The molecule has 2 fully saturated rings. The molecule has 3 heterocycles. The zero-order valence-electron chi connectivity index (χ0n) is 16.6. The number of hydrogen-bond donors (Lipinski definition) is 2. The molecule has 2 N–H and O–H groups in total. The number of anilines is 1. The number of amides is 3. The highest BCUT2D eigenvalue weighted by Crippen LogP contribution is 2.36. The molecule has 0 bridgehead atoms. The first kappa shape index (κ1) is 19.4. The summed E-state index contributed by atoms with van der Waals surface area (Å²) in [7, 11) is 0. The molecule has 152 valence electrons. The van der Waals surface area contributed by atoms with E-state index in [1.807, 2.05) is 36.1 Å². The van der Waals surface area contributed by atoms with E-state index >= 15 is 0 Å². The number of carbonyl (C=O) groups excluding carboxylic acids is 2. The first-order valence-electron chi connectivity index (χ1n) is 10.0. The van der Waals surface area contributed by atoms with Crippen LogP contribution in [0.3, 0.4) is 0 Å². The SMILES string of the molecule is Cc1cccc(NC(=O)N2CCC3(CC2)CC(NC(=O)c2ccccn2)CO3)c1. The van der Waals surface area contributed by atoms with Crippen molar-refractivity contribution in [2.45, 2.75) is 37.8 Å². The van der Waals surface area contributed by atoms with E-state index in [9.17, 15) is 9.59 Å². The molecular formula is C22H26N4O3. The van der Waals surface area contributed by atoms with Gasteiger partial charge in [0, 0.05) is 25.0 Å². The molecule has 29 heavy (non-hydrogen) atoms. The van der Waals surface area contributed by atoms with Crippen molar-refractivity contribution in [3.05, 3.63) is 59.9 Å². The molecule has 1 unspecified atom stereocenters. The summed E-state index contributed by atoms with van der Waals surface area (Å²) < 4.78 is 6.10. The van der Waals surface area contributed by atoms with Gasteiger partial charge in [-0.25, -0.2) is 4.79 Å². The van der Waals surface area contributed by atoms with Gasteiger partial charge >= 0.3 is 6.03 Å². The van der Waals surface area contributed by atoms with Gasteiger partial charge in [0.1, 0.15) is 5.69 Å². The first-order chi connectivity index (χ1) is 14.0. The number of aromatic nitrogens is 1. The van der Waals surface area contributed by atoms with Crippen LogP contribution < -0.4 is 10.6 Å². The minimum Gasteiger partial charge on any atom is -0.373 e. The number of rotatable bonds is 3. The summed E-state index contributed by atoms with van der Waals surface area (Å²) in [5.74, 6) is -0.175. The summed E-state index contributed by atoms with van der Waals surface area (Å²) in [6.45, 7) is 3.77. The molecule has 1 aromatic carbocycles. The van der Waals surface area contributed by atoms with Crippen molar-refractivity contribution in [2.24, 2.45) is 0 Å². The second kappa shape index (κ2) is 8.21. The Balaban J connectivity index is 1.28. The normalized spacial score (nSPS) is 20.4. The van der Waals surface area contributed by atoms with Crippen molar-refractivity contribution in [1.82, 2.24) is 15.2 Å². The molecule has 3 amide bonds. The molecule has 2 saturated heterocycles. The lowest BCUT2D eigenvalue weighted by molar-refractivity contribution is -0.0355. The fraction of sp³-hybridized carbons (Fsp3) is 0.409. The molecule has 4 rings (SSSR count). The molecule has 1 aromatic heterocycles. The first-order valence-corrected chi connectivity index (χ1v) is 10.0. The largest absolute Gasteiger partial charge is 0.373 e. The van der Waals surface area contributed by atoms with Gasteiger partial charge in [-0.1, -0.05) is 18.2 Å². The van der Waals surface area contributed by atoms with Crippen molar-refractivity contribution in [2.75, 3.05) is 25.0 Å². The Kier molecular flexibility index (Phi) is 5.49. The Hall–Kier alpha value is -2.93. The van der Waals surface area contributed by atoms with E-state index in [-0.39, 0.29) is 23.6 Å². The standard InChI is InChI=1S/C22H26N4O3/c1-16-5-4-6-17(13-16)25-21(28)26-11-8-22(9-12-26)14-18(15-29-22)24-20(27)19-7-2-3-10-23-19/h2-7,10,13,18H,8-9,11-12,14-15H2,1H3,(H,24,27)(H,25,28). The number of hydrogen-bond acceptors (Lipinski definition) is 4. The van der Waals surface area contributed by atoms with Gasteiger partial charge in [0.25, 0.3) is 5.91 Å². The molecule has 2 aromatic rings. The van der Waals surface area contributed by atoms with E-state index in [2.05, 4.69) is 15.6 Å². The highest BCUT2D eigenvalue weighted by atomic mass is 16.5. The molecule has 2 aliphatic rings. The molecule has 7 heteroatoms. The fourth-order valence-electron chi connectivity index (χ4n) is 4.08. The highest BCUT2D eigenvalue weighted by molar-refractivity contribution is 5.92. The monoisotopic (exact) mass is 394 g/mol. The minimum absolute atomic E-state index is 0.0304. The molecule has 0 aliphatic carbocycles. The Morgan fingerprint density at radius 1 is 1.17 bits per heavy atom. The number of aryl methyl sites for hydroxylation is 1. The van der Waals surface area contributed by atoms with Gasteiger partial charge < -0.3 is 20.3 Å². The summed E-state index contributed by atoms with van der Waals surface area (Å²) in [6, 6.07) is 13.0. The molecule has 7 nitrogen and oxygen atoms in total. The quantitative estimate of drug-likeness (QED) is 0.838. The number of carbonyl (C=O) groups is 2. The van der Waals surface area contributed by atoms with Crippen molar-refractivity contribution in [1.29, 1.82) is 0 Å². The third kappa shape index (κ3) is 4.56. The summed E-state index contributed by atoms with van der Waals surface area (Å²) in [4.78, 5) is 30.8. The van der Waals surface area contributed by atoms with Crippen LogP contribution in [0.15, 0.2) is 48.7 Å². The zero-order chi connectivity index (χ0) is 20.3. The van der Waals surface area contributed by atoms with Crippen molar-refractivity contribution in [3.8, 4) is 0 Å². The van der Waals surface area contributed by atoms with Crippen LogP contribution in [0.25, 0.3) is 0 Å². The molecule has 2 aliphatic heterocycles. The van der Waals surface area contributed by atoms with Crippen LogP contribution in [0.1, 0.15) is 35.3 Å². The molecule has 1 spiro atoms. The van der Waals surface area contributed by atoms with Gasteiger partial charge in [-0.2, -0.15) is 0 Å². The van der Waals surface area contributed by atoms with E-state index in [0.717, 1.165) is 30.5 Å². The average molecular weight is 394 g/mol. The van der Waals surface area contributed by atoms with Crippen molar-refractivity contribution in [3.63, 3.8) is 0 Å². The number of benzene rings is 1. The Morgan fingerprint density at radius 3 is 2.72 bits per heavy atom. The Morgan fingerprint density at radius 2 is 2.00 bits per heavy atom. The van der Waals surface area contributed by atoms with Crippen molar-refractivity contribution >= 4 is 17.6 Å². The smallest absolute Gasteiger partial charge is 0.321 e. The molecule has 0 radical (unpaired) electrons. The summed E-state index contributed by atoms with van der Waals surface area (Å²) in [6.07, 6.45) is 3.91. The van der Waals surface area contributed by atoms with Crippen LogP contribution in [0.5, 0.6) is 0 Å². The van der Waals surface area contributed by atoms with Crippen LogP contribution in [0.4, 0.5) is 10.5 Å². The number of nitrogens with zero attached hydrogens (tertiary/aromatic N) is 2. The van der Waals surface area contributed by atoms with Gasteiger partial charge in [-0.15, -0.1) is 0 Å². The lowest BCUT2D eigenvalue weighted by atomic mass is 9.87.